The molecule has 102 valence electrons. The number of benzene rings is 1. The quantitative estimate of drug-likeness (QED) is 0.732. The number of rotatable bonds is 2. The Morgan fingerprint density at radius 1 is 1.40 bits per heavy atom. The first-order valence-electron chi connectivity index (χ1n) is 5.95. The molecule has 2 N–H and O–H groups in total. The predicted molar refractivity (Wildman–Crippen MR) is 77.8 cm³/mol. The molecule has 0 aliphatic rings. The number of fused-ring (bicyclic) bond motifs is 1. The molecule has 0 saturated heterocycles. The van der Waals surface area contributed by atoms with Gasteiger partial charge in [0.1, 0.15) is 16.3 Å². The minimum Gasteiger partial charge on any atom is -0.465 e. The third-order valence-corrected chi connectivity index (χ3v) is 4.06. The van der Waals surface area contributed by atoms with Crippen molar-refractivity contribution in [1.29, 1.82) is 0 Å². The van der Waals surface area contributed by atoms with Crippen molar-refractivity contribution >= 4 is 33.4 Å². The van der Waals surface area contributed by atoms with Gasteiger partial charge in [0.2, 0.25) is 5.88 Å². The second-order valence-corrected chi connectivity index (χ2v) is 5.28. The van der Waals surface area contributed by atoms with Crippen molar-refractivity contribution in [2.24, 2.45) is 0 Å². The van der Waals surface area contributed by atoms with Crippen LogP contribution in [0.3, 0.4) is 0 Å². The number of nitrogens with zero attached hydrogens (tertiary/aromatic N) is 1. The molecule has 0 aliphatic heterocycles. The number of nitrogens with two attached hydrogens (primary N) is 1. The summed E-state index contributed by atoms with van der Waals surface area (Å²) in [6.07, 6.45) is 0. The number of aryl methyl sites for hydroxylation is 1. The molecule has 2 heterocycles. The van der Waals surface area contributed by atoms with E-state index in [9.17, 15) is 4.79 Å². The summed E-state index contributed by atoms with van der Waals surface area (Å²) < 4.78 is 11.2. The van der Waals surface area contributed by atoms with E-state index in [2.05, 4.69) is 4.98 Å². The van der Waals surface area contributed by atoms with Crippen LogP contribution in [0, 0.1) is 6.92 Å². The van der Waals surface area contributed by atoms with Crippen molar-refractivity contribution in [2.45, 2.75) is 6.92 Å². The van der Waals surface area contributed by atoms with Crippen molar-refractivity contribution in [3.63, 3.8) is 0 Å². The van der Waals surface area contributed by atoms with Crippen LogP contribution < -0.4 is 5.73 Å². The van der Waals surface area contributed by atoms with Gasteiger partial charge in [0, 0.05) is 0 Å². The second-order valence-electron chi connectivity index (χ2n) is 4.25. The number of nitrogen functional groups attached to an aromatic ring is 1. The number of ether oxygens (including phenoxy) is 1. The molecular formula is C14H12N2O3S. The molecule has 0 atom stereocenters. The summed E-state index contributed by atoms with van der Waals surface area (Å²) >= 11 is 1.46. The van der Waals surface area contributed by atoms with Gasteiger partial charge in [-0.2, -0.15) is 0 Å². The van der Waals surface area contributed by atoms with E-state index in [1.54, 1.807) is 6.92 Å². The minimum absolute atomic E-state index is 0.182. The molecule has 2 aromatic heterocycles. The van der Waals surface area contributed by atoms with Crippen molar-refractivity contribution < 1.29 is 13.9 Å². The Hall–Kier alpha value is -2.34. The monoisotopic (exact) mass is 288 g/mol. The fraction of sp³-hybridized carbons (Fsp3) is 0.143. The van der Waals surface area contributed by atoms with E-state index in [1.165, 1.54) is 18.4 Å². The van der Waals surface area contributed by atoms with E-state index in [0.29, 0.717) is 21.9 Å². The van der Waals surface area contributed by atoms with Gasteiger partial charge in [-0.15, -0.1) is 11.3 Å². The number of methoxy groups -OCH3 is 1. The van der Waals surface area contributed by atoms with Gasteiger partial charge in [-0.25, -0.2) is 9.78 Å². The van der Waals surface area contributed by atoms with Gasteiger partial charge in [-0.1, -0.05) is 12.1 Å². The van der Waals surface area contributed by atoms with E-state index in [-0.39, 0.29) is 5.88 Å². The maximum Gasteiger partial charge on any atom is 0.342 e. The number of aromatic nitrogens is 1. The molecule has 0 unspecified atom stereocenters. The summed E-state index contributed by atoms with van der Waals surface area (Å²) in [4.78, 5) is 16.4. The zero-order valence-corrected chi connectivity index (χ0v) is 11.8. The number of thiazole rings is 1. The second kappa shape index (κ2) is 4.64. The number of esters is 1. The van der Waals surface area contributed by atoms with Crippen LogP contribution in [0.15, 0.2) is 28.7 Å². The third kappa shape index (κ3) is 1.85. The average Bonchev–Trinajstić information content (AvgIpc) is 2.97. The highest BCUT2D eigenvalue weighted by atomic mass is 32.1. The number of hydrogen-bond acceptors (Lipinski definition) is 6. The predicted octanol–water partition coefficient (Wildman–Crippen LogP) is 3.23. The first-order valence-corrected chi connectivity index (χ1v) is 6.76. The van der Waals surface area contributed by atoms with Crippen molar-refractivity contribution in [1.82, 2.24) is 4.98 Å². The van der Waals surface area contributed by atoms with E-state index in [0.717, 1.165) is 10.2 Å². The number of carbonyl (C=O) groups excluding carboxylic acids is 1. The summed E-state index contributed by atoms with van der Waals surface area (Å²) in [7, 11) is 1.33. The fourth-order valence-corrected chi connectivity index (χ4v) is 3.13. The number of hydrogen-bond donors (Lipinski definition) is 1. The smallest absolute Gasteiger partial charge is 0.342 e. The molecule has 3 rings (SSSR count). The highest BCUT2D eigenvalue weighted by Gasteiger charge is 2.26. The van der Waals surface area contributed by atoms with Crippen LogP contribution in [0.5, 0.6) is 0 Å². The van der Waals surface area contributed by atoms with Crippen LogP contribution in [-0.4, -0.2) is 18.1 Å². The molecule has 0 amide bonds. The SMILES string of the molecule is COC(=O)c1c(C)oc(N)c1-c1nc2ccccc2s1. The lowest BCUT2D eigenvalue weighted by atomic mass is 10.1. The molecule has 0 spiro atoms. The summed E-state index contributed by atoms with van der Waals surface area (Å²) in [5.41, 5.74) is 7.59. The van der Waals surface area contributed by atoms with E-state index < -0.39 is 5.97 Å². The highest BCUT2D eigenvalue weighted by Crippen LogP contribution is 2.38. The maximum absolute atomic E-state index is 11.9. The van der Waals surface area contributed by atoms with E-state index in [4.69, 9.17) is 14.9 Å². The van der Waals surface area contributed by atoms with Crippen molar-refractivity contribution in [3.8, 4) is 10.6 Å². The summed E-state index contributed by atoms with van der Waals surface area (Å²) in [5.74, 6) is 0.141. The van der Waals surface area contributed by atoms with Gasteiger partial charge in [0.15, 0.2) is 0 Å². The molecule has 3 aromatic rings. The van der Waals surface area contributed by atoms with Crippen LogP contribution in [0.1, 0.15) is 16.1 Å². The standard InChI is InChI=1S/C14H12N2O3S/c1-7-10(14(17)18-2)11(12(15)19-7)13-16-8-5-3-4-6-9(8)20-13/h3-6H,15H2,1-2H3. The Balaban J connectivity index is 2.25. The summed E-state index contributed by atoms with van der Waals surface area (Å²) in [6.45, 7) is 1.68. The van der Waals surface area contributed by atoms with E-state index >= 15 is 0 Å². The molecule has 0 radical (unpaired) electrons. The minimum atomic E-state index is -0.475. The Morgan fingerprint density at radius 3 is 2.85 bits per heavy atom. The average molecular weight is 288 g/mol. The highest BCUT2D eigenvalue weighted by molar-refractivity contribution is 7.21. The lowest BCUT2D eigenvalue weighted by Crippen LogP contribution is -2.03. The number of carbonyl (C=O) groups is 1. The third-order valence-electron chi connectivity index (χ3n) is 3.01. The summed E-state index contributed by atoms with van der Waals surface area (Å²) in [6, 6.07) is 7.74. The molecule has 0 saturated carbocycles. The maximum atomic E-state index is 11.9. The number of para-hydroxylation sites is 1. The normalized spacial score (nSPS) is 10.9. The first-order chi connectivity index (χ1) is 9.61. The van der Waals surface area contributed by atoms with E-state index in [1.807, 2.05) is 24.3 Å². The summed E-state index contributed by atoms with van der Waals surface area (Å²) in [5, 5.41) is 0.654. The van der Waals surface area contributed by atoms with Gasteiger partial charge >= 0.3 is 5.97 Å². The molecule has 0 aliphatic carbocycles. The van der Waals surface area contributed by atoms with Gasteiger partial charge in [-0.3, -0.25) is 0 Å². The van der Waals surface area contributed by atoms with Crippen LogP contribution in [0.4, 0.5) is 5.88 Å². The van der Waals surface area contributed by atoms with Crippen LogP contribution in [-0.2, 0) is 4.74 Å². The van der Waals surface area contributed by atoms with Gasteiger partial charge in [-0.05, 0) is 19.1 Å². The molecular weight excluding hydrogens is 276 g/mol. The number of anilines is 1. The Bertz CT molecular complexity index is 771. The van der Waals surface area contributed by atoms with Gasteiger partial charge in [0.25, 0.3) is 0 Å². The Kier molecular flexibility index (Phi) is 2.94. The molecule has 1 aromatic carbocycles. The van der Waals surface area contributed by atoms with Crippen LogP contribution >= 0.6 is 11.3 Å². The largest absolute Gasteiger partial charge is 0.465 e. The zero-order chi connectivity index (χ0) is 14.3. The Labute approximate surface area is 119 Å². The van der Waals surface area contributed by atoms with Crippen molar-refractivity contribution in [3.05, 3.63) is 35.6 Å². The molecule has 5 nitrogen and oxygen atoms in total. The molecule has 6 heteroatoms. The zero-order valence-electron chi connectivity index (χ0n) is 11.0. The van der Waals surface area contributed by atoms with Crippen molar-refractivity contribution in [2.75, 3.05) is 12.8 Å². The molecule has 0 bridgehead atoms. The lowest BCUT2D eigenvalue weighted by molar-refractivity contribution is 0.0599. The van der Waals surface area contributed by atoms with Gasteiger partial charge < -0.3 is 14.9 Å². The van der Waals surface area contributed by atoms with Crippen LogP contribution in [0.25, 0.3) is 20.8 Å². The topological polar surface area (TPSA) is 78.3 Å². The lowest BCUT2D eigenvalue weighted by Gasteiger charge is -1.99. The molecule has 0 fully saturated rings. The fourth-order valence-electron chi connectivity index (χ4n) is 2.11. The first kappa shape index (κ1) is 12.7. The molecule has 20 heavy (non-hydrogen) atoms. The van der Waals surface area contributed by atoms with Gasteiger partial charge in [0.05, 0.1) is 22.9 Å². The Morgan fingerprint density at radius 2 is 2.15 bits per heavy atom. The number of furan rings is 1. The van der Waals surface area contributed by atoms with Crippen LogP contribution in [0.2, 0.25) is 0 Å².